The van der Waals surface area contributed by atoms with Crippen LogP contribution in [0.2, 0.25) is 5.02 Å². The minimum Gasteiger partial charge on any atom is -0.497 e. The van der Waals surface area contributed by atoms with E-state index in [2.05, 4.69) is 0 Å². The largest absolute Gasteiger partial charge is 1.00 e. The number of benzene rings is 2. The molecule has 0 aliphatic heterocycles. The van der Waals surface area contributed by atoms with E-state index in [0.717, 1.165) is 22.2 Å². The molecule has 0 radical (unpaired) electrons. The van der Waals surface area contributed by atoms with E-state index in [-0.39, 0.29) is 24.4 Å². The Morgan fingerprint density at radius 1 is 1.14 bits per heavy atom. The number of hydrogen-bond acceptors (Lipinski definition) is 2. The van der Waals surface area contributed by atoms with Crippen LogP contribution in [0.5, 0.6) is 5.75 Å². The molecule has 104 valence electrons. The van der Waals surface area contributed by atoms with Crippen molar-refractivity contribution in [2.45, 2.75) is 13.8 Å². The number of ether oxygens (including phenoxy) is 1. The third-order valence-electron chi connectivity index (χ3n) is 3.06. The summed E-state index contributed by atoms with van der Waals surface area (Å²) < 4.78 is 5.17. The summed E-state index contributed by atoms with van der Waals surface area (Å²) in [4.78, 5) is 12.4. The predicted molar refractivity (Wildman–Crippen MR) is 84.8 cm³/mol. The van der Waals surface area contributed by atoms with Crippen molar-refractivity contribution in [1.29, 1.82) is 0 Å². The standard InChI is InChI=1S/C16H15ClO2P.Li/c1-10-5-4-6-13(17)15(10)16(18)20-14-8-7-12(19-3)9-11(14)2;/h4-9H,1-3H3;/q-1;+1. The van der Waals surface area contributed by atoms with Gasteiger partial charge in [0.25, 0.3) is 0 Å². The summed E-state index contributed by atoms with van der Waals surface area (Å²) in [5.41, 5.74) is 2.55. The Morgan fingerprint density at radius 2 is 1.86 bits per heavy atom. The van der Waals surface area contributed by atoms with Crippen LogP contribution >= 0.6 is 20.2 Å². The Labute approximate surface area is 144 Å². The Morgan fingerprint density at radius 3 is 2.43 bits per heavy atom. The number of carbonyl (C=O) groups is 1. The van der Waals surface area contributed by atoms with Crippen molar-refractivity contribution in [2.24, 2.45) is 0 Å². The fourth-order valence-corrected chi connectivity index (χ4v) is 3.34. The van der Waals surface area contributed by atoms with Gasteiger partial charge in [-0.05, 0) is 37.6 Å². The number of hydrogen-bond donors (Lipinski definition) is 0. The second-order valence-corrected chi connectivity index (χ2v) is 6.02. The van der Waals surface area contributed by atoms with E-state index in [4.69, 9.17) is 16.3 Å². The quantitative estimate of drug-likeness (QED) is 0.630. The van der Waals surface area contributed by atoms with Crippen LogP contribution in [0.4, 0.5) is 0 Å². The van der Waals surface area contributed by atoms with Gasteiger partial charge < -0.3 is 18.1 Å². The number of rotatable bonds is 4. The summed E-state index contributed by atoms with van der Waals surface area (Å²) in [5.74, 6) is 0.794. The van der Waals surface area contributed by atoms with Crippen LogP contribution < -0.4 is 28.9 Å². The van der Waals surface area contributed by atoms with Gasteiger partial charge >= 0.3 is 18.9 Å². The molecule has 0 bridgehead atoms. The van der Waals surface area contributed by atoms with E-state index in [9.17, 15) is 4.79 Å². The first-order chi connectivity index (χ1) is 9.52. The molecule has 0 unspecified atom stereocenters. The maximum atomic E-state index is 12.4. The molecule has 0 heterocycles. The van der Waals surface area contributed by atoms with Gasteiger partial charge in [-0.25, -0.2) is 0 Å². The predicted octanol–water partition coefficient (Wildman–Crippen LogP) is 1.38. The summed E-state index contributed by atoms with van der Waals surface area (Å²) in [6.45, 7) is 3.87. The number of carbonyl (C=O) groups excluding carboxylic acids is 1. The van der Waals surface area contributed by atoms with Gasteiger partial charge in [0.2, 0.25) is 0 Å². The molecular formula is C16H15ClLiO2P. The first-order valence-corrected chi connectivity index (χ1v) is 7.46. The molecule has 0 saturated carbocycles. The zero-order valence-electron chi connectivity index (χ0n) is 12.6. The molecule has 0 atom stereocenters. The third-order valence-corrected chi connectivity index (χ3v) is 4.55. The molecule has 5 heteroatoms. The van der Waals surface area contributed by atoms with E-state index in [0.29, 0.717) is 19.2 Å². The molecule has 0 aliphatic rings. The summed E-state index contributed by atoms with van der Waals surface area (Å²) >= 11 is 6.13. The van der Waals surface area contributed by atoms with E-state index in [1.54, 1.807) is 13.2 Å². The van der Waals surface area contributed by atoms with Crippen LogP contribution in [0.15, 0.2) is 36.4 Å². The molecule has 0 N–H and O–H groups in total. The summed E-state index contributed by atoms with van der Waals surface area (Å²) in [5, 5.41) is 1.48. The molecular weight excluding hydrogens is 298 g/mol. The van der Waals surface area contributed by atoms with E-state index in [1.807, 2.05) is 44.2 Å². The van der Waals surface area contributed by atoms with Crippen molar-refractivity contribution >= 4 is 31.0 Å². The van der Waals surface area contributed by atoms with Gasteiger partial charge in [-0.3, -0.25) is 0 Å². The summed E-state index contributed by atoms with van der Waals surface area (Å²) in [7, 11) is 2.26. The minimum atomic E-state index is 0. The van der Waals surface area contributed by atoms with Gasteiger partial charge in [0.15, 0.2) is 0 Å². The van der Waals surface area contributed by atoms with E-state index < -0.39 is 0 Å². The van der Waals surface area contributed by atoms with Gasteiger partial charge in [-0.1, -0.05) is 35.4 Å². The number of methoxy groups -OCH3 is 1. The third kappa shape index (κ3) is 4.35. The van der Waals surface area contributed by atoms with Crippen molar-refractivity contribution in [2.75, 3.05) is 7.11 Å². The first-order valence-electron chi connectivity index (χ1n) is 6.18. The Hall–Kier alpha value is -0.773. The molecule has 0 saturated heterocycles. The van der Waals surface area contributed by atoms with Crippen LogP contribution in [0.3, 0.4) is 0 Å². The van der Waals surface area contributed by atoms with Crippen LogP contribution in [-0.4, -0.2) is 12.6 Å². The SMILES string of the molecule is COc1ccc([P-]C(=O)c2c(C)cccc2Cl)c(C)c1.[Li+]. The maximum absolute atomic E-state index is 12.4. The van der Waals surface area contributed by atoms with Gasteiger partial charge in [0, 0.05) is 16.1 Å². The molecule has 2 aromatic carbocycles. The molecule has 21 heavy (non-hydrogen) atoms. The number of halogens is 1. The normalized spacial score (nSPS) is 10.5. The maximum Gasteiger partial charge on any atom is 1.00 e. The van der Waals surface area contributed by atoms with Gasteiger partial charge in [-0.2, -0.15) is 5.30 Å². The molecule has 2 nitrogen and oxygen atoms in total. The zero-order chi connectivity index (χ0) is 14.7. The molecule has 2 aromatic rings. The fourth-order valence-electron chi connectivity index (χ4n) is 1.95. The second-order valence-electron chi connectivity index (χ2n) is 4.50. The van der Waals surface area contributed by atoms with Crippen LogP contribution in [0.25, 0.3) is 0 Å². The molecule has 0 fully saturated rings. The van der Waals surface area contributed by atoms with Gasteiger partial charge in [-0.15, -0.1) is 0 Å². The Kier molecular flexibility index (Phi) is 6.98. The molecule has 0 amide bonds. The fraction of sp³-hybridized carbons (Fsp3) is 0.188. The van der Waals surface area contributed by atoms with Gasteiger partial charge in [0.1, 0.15) is 5.75 Å². The average molecular weight is 313 g/mol. The number of aryl methyl sites for hydroxylation is 2. The summed E-state index contributed by atoms with van der Waals surface area (Å²) in [6.07, 6.45) is 0. The minimum absolute atomic E-state index is 0. The second kappa shape index (κ2) is 8.02. The zero-order valence-corrected chi connectivity index (χ0v) is 14.3. The van der Waals surface area contributed by atoms with E-state index in [1.165, 1.54) is 0 Å². The Balaban J connectivity index is 0.00000220. The monoisotopic (exact) mass is 312 g/mol. The van der Waals surface area contributed by atoms with Crippen molar-refractivity contribution in [3.8, 4) is 5.75 Å². The topological polar surface area (TPSA) is 26.3 Å². The van der Waals surface area contributed by atoms with Crippen LogP contribution in [0, 0.1) is 13.8 Å². The van der Waals surface area contributed by atoms with Crippen LogP contribution in [-0.2, 0) is 0 Å². The van der Waals surface area contributed by atoms with Crippen molar-refractivity contribution < 1.29 is 28.4 Å². The smallest absolute Gasteiger partial charge is 0.497 e. The van der Waals surface area contributed by atoms with Crippen molar-refractivity contribution in [1.82, 2.24) is 0 Å². The molecule has 2 rings (SSSR count). The van der Waals surface area contributed by atoms with Crippen LogP contribution in [0.1, 0.15) is 21.5 Å². The summed E-state index contributed by atoms with van der Waals surface area (Å²) in [6, 6.07) is 11.2. The molecule has 0 spiro atoms. The Bertz CT molecular complexity index is 638. The van der Waals surface area contributed by atoms with E-state index >= 15 is 0 Å². The molecule has 0 aromatic heterocycles. The average Bonchev–Trinajstić information content (AvgIpc) is 2.41. The van der Waals surface area contributed by atoms with Gasteiger partial charge in [0.05, 0.1) is 7.11 Å². The van der Waals surface area contributed by atoms with Crippen molar-refractivity contribution in [3.05, 3.63) is 58.1 Å². The molecule has 0 aliphatic carbocycles. The van der Waals surface area contributed by atoms with Crippen molar-refractivity contribution in [3.63, 3.8) is 0 Å². The first kappa shape index (κ1) is 18.3.